The Labute approximate surface area is 290 Å². The van der Waals surface area contributed by atoms with Gasteiger partial charge in [0.05, 0.1) is 11.1 Å². The van der Waals surface area contributed by atoms with E-state index in [1.54, 1.807) is 6.07 Å². The lowest BCUT2D eigenvalue weighted by atomic mass is 9.96. The lowest BCUT2D eigenvalue weighted by molar-refractivity contribution is -0.249. The molecule has 0 heterocycles. The van der Waals surface area contributed by atoms with Gasteiger partial charge < -0.3 is 4.74 Å². The molecular formula is C39H28F12O. The molecule has 0 radical (unpaired) electrons. The molecule has 0 amide bonds. The van der Waals surface area contributed by atoms with Gasteiger partial charge in [0.1, 0.15) is 29.0 Å². The maximum absolute atomic E-state index is 15.3. The summed E-state index contributed by atoms with van der Waals surface area (Å²) in [6, 6.07) is 19.4. The average molecular weight is 741 g/mol. The summed E-state index contributed by atoms with van der Waals surface area (Å²) in [5.74, 6) is -13.5. The molecular weight excluding hydrogens is 712 g/mol. The van der Waals surface area contributed by atoms with Crippen molar-refractivity contribution >= 4 is 0 Å². The van der Waals surface area contributed by atoms with Crippen molar-refractivity contribution < 1.29 is 57.4 Å². The van der Waals surface area contributed by atoms with Gasteiger partial charge in [-0.3, -0.25) is 0 Å². The van der Waals surface area contributed by atoms with Gasteiger partial charge in [0.15, 0.2) is 0 Å². The third-order valence-corrected chi connectivity index (χ3v) is 8.34. The van der Waals surface area contributed by atoms with E-state index >= 15 is 8.78 Å². The van der Waals surface area contributed by atoms with E-state index in [0.717, 1.165) is 61.6 Å². The minimum Gasteiger partial charge on any atom is -0.429 e. The van der Waals surface area contributed by atoms with Crippen LogP contribution in [-0.2, 0) is 18.5 Å². The number of ether oxygens (including phenoxy) is 1. The average Bonchev–Trinajstić information content (AvgIpc) is 3.07. The van der Waals surface area contributed by atoms with E-state index in [0.29, 0.717) is 5.56 Å². The number of halogens is 12. The van der Waals surface area contributed by atoms with Gasteiger partial charge in [-0.05, 0) is 64.9 Å². The maximum Gasteiger partial charge on any atom is 0.426 e. The van der Waals surface area contributed by atoms with Gasteiger partial charge in [0.25, 0.3) is 6.17 Å². The van der Waals surface area contributed by atoms with Gasteiger partial charge >= 0.3 is 18.2 Å². The normalized spacial score (nSPS) is 12.9. The van der Waals surface area contributed by atoms with Crippen LogP contribution >= 0.6 is 0 Å². The van der Waals surface area contributed by atoms with E-state index in [9.17, 15) is 43.9 Å². The SMILES string of the molecule is CCCCCc1ccc(-c2ccc(-c3ccc(-c4ccc(C(F)(F)Oc5cc(F)c(C(F)(F)C(F)C(F)(F)F)c(F)c5)cc4)c(F)c3)c(F)c2)cc1. The van der Waals surface area contributed by atoms with Gasteiger partial charge in [-0.25, -0.2) is 22.0 Å². The van der Waals surface area contributed by atoms with Crippen LogP contribution in [0.2, 0.25) is 0 Å². The van der Waals surface area contributed by atoms with Crippen LogP contribution in [0.4, 0.5) is 52.7 Å². The Morgan fingerprint density at radius 2 is 1.06 bits per heavy atom. The molecule has 0 bridgehead atoms. The number of hydrogen-bond acceptors (Lipinski definition) is 1. The number of rotatable bonds is 12. The first-order valence-corrected chi connectivity index (χ1v) is 15.9. The molecule has 0 aromatic heterocycles. The van der Waals surface area contributed by atoms with Crippen molar-refractivity contribution in [3.8, 4) is 39.1 Å². The van der Waals surface area contributed by atoms with Crippen molar-refractivity contribution in [1.29, 1.82) is 0 Å². The minimum atomic E-state index is -6.19. The summed E-state index contributed by atoms with van der Waals surface area (Å²) in [7, 11) is 0. The largest absolute Gasteiger partial charge is 0.429 e. The van der Waals surface area contributed by atoms with Gasteiger partial charge in [0.2, 0.25) is 0 Å². The van der Waals surface area contributed by atoms with Crippen LogP contribution in [0.5, 0.6) is 5.75 Å². The third kappa shape index (κ3) is 8.24. The van der Waals surface area contributed by atoms with E-state index in [4.69, 9.17) is 0 Å². The first-order valence-electron chi connectivity index (χ1n) is 15.9. The van der Waals surface area contributed by atoms with E-state index in [-0.39, 0.29) is 34.4 Å². The van der Waals surface area contributed by atoms with Gasteiger partial charge in [-0.2, -0.15) is 30.7 Å². The third-order valence-electron chi connectivity index (χ3n) is 8.34. The highest BCUT2D eigenvalue weighted by molar-refractivity contribution is 5.74. The zero-order chi connectivity index (χ0) is 38.0. The summed E-state index contributed by atoms with van der Waals surface area (Å²) >= 11 is 0. The minimum absolute atomic E-state index is 0.0544. The standard InChI is InChI=1S/C39H28F12O/c1-2-3-4-5-22-6-8-23(9-7-22)25-12-16-30(31(40)18-25)26-13-17-29(32(41)19-26)24-10-14-27(15-11-24)39(50,51)52-28-20-33(42)35(34(43)21-28)37(45,46)36(44)38(47,48)49/h6-21,36H,2-5H2,1H3. The van der Waals surface area contributed by atoms with Crippen LogP contribution in [0.25, 0.3) is 33.4 Å². The number of unbranched alkanes of at least 4 members (excludes halogenated alkanes) is 2. The predicted molar refractivity (Wildman–Crippen MR) is 172 cm³/mol. The van der Waals surface area contributed by atoms with Crippen molar-refractivity contribution in [3.05, 3.63) is 137 Å². The molecule has 1 unspecified atom stereocenters. The van der Waals surface area contributed by atoms with Crippen molar-refractivity contribution in [2.45, 2.75) is 57.0 Å². The van der Waals surface area contributed by atoms with Gasteiger partial charge in [0, 0.05) is 23.3 Å². The Kier molecular flexibility index (Phi) is 11.0. The molecule has 0 N–H and O–H groups in total. The fraction of sp³-hybridized carbons (Fsp3) is 0.231. The molecule has 0 saturated heterocycles. The Morgan fingerprint density at radius 3 is 1.60 bits per heavy atom. The summed E-state index contributed by atoms with van der Waals surface area (Å²) in [5.41, 5.74) is -0.592. The van der Waals surface area contributed by atoms with E-state index in [2.05, 4.69) is 11.7 Å². The van der Waals surface area contributed by atoms with Crippen molar-refractivity contribution in [3.63, 3.8) is 0 Å². The van der Waals surface area contributed by atoms with E-state index < -0.39 is 64.5 Å². The molecule has 5 aromatic rings. The second kappa shape index (κ2) is 15.0. The van der Waals surface area contributed by atoms with Crippen LogP contribution < -0.4 is 4.74 Å². The first-order chi connectivity index (χ1) is 24.4. The summed E-state index contributed by atoms with van der Waals surface area (Å²) < 4.78 is 172. The molecule has 0 fully saturated rings. The molecule has 0 aliphatic rings. The molecule has 0 aliphatic heterocycles. The van der Waals surface area contributed by atoms with E-state index in [1.807, 2.05) is 24.3 Å². The van der Waals surface area contributed by atoms with Crippen LogP contribution in [0.3, 0.4) is 0 Å². The number of hydrogen-bond donors (Lipinski definition) is 0. The van der Waals surface area contributed by atoms with Crippen molar-refractivity contribution in [2.75, 3.05) is 0 Å². The Hall–Kier alpha value is -4.94. The highest BCUT2D eigenvalue weighted by Crippen LogP contribution is 2.45. The molecule has 0 aliphatic carbocycles. The maximum atomic E-state index is 15.3. The van der Waals surface area contributed by atoms with Gasteiger partial charge in [-0.1, -0.05) is 80.4 Å². The van der Waals surface area contributed by atoms with E-state index in [1.165, 1.54) is 29.8 Å². The Balaban J connectivity index is 1.30. The van der Waals surface area contributed by atoms with Crippen LogP contribution in [0.1, 0.15) is 42.9 Å². The number of aryl methyl sites for hydroxylation is 1. The number of benzene rings is 5. The highest BCUT2D eigenvalue weighted by Gasteiger charge is 2.59. The molecule has 0 spiro atoms. The predicted octanol–water partition coefficient (Wildman–Crippen LogP) is 13.1. The molecule has 1 atom stereocenters. The molecule has 0 saturated carbocycles. The summed E-state index contributed by atoms with van der Waals surface area (Å²) in [6.45, 7) is 2.13. The highest BCUT2D eigenvalue weighted by atomic mass is 19.4. The molecule has 5 rings (SSSR count). The van der Waals surface area contributed by atoms with Gasteiger partial charge in [-0.15, -0.1) is 0 Å². The molecule has 1 nitrogen and oxygen atoms in total. The lowest BCUT2D eigenvalue weighted by Crippen LogP contribution is -2.40. The second-order valence-corrected chi connectivity index (χ2v) is 12.0. The summed E-state index contributed by atoms with van der Waals surface area (Å²) in [6.07, 6.45) is -11.3. The van der Waals surface area contributed by atoms with Crippen molar-refractivity contribution in [2.24, 2.45) is 0 Å². The van der Waals surface area contributed by atoms with Crippen LogP contribution in [0.15, 0.2) is 97.1 Å². The molecule has 5 aromatic carbocycles. The molecule has 13 heteroatoms. The first kappa shape index (κ1) is 38.3. The Bertz CT molecular complexity index is 2000. The molecule has 52 heavy (non-hydrogen) atoms. The fourth-order valence-electron chi connectivity index (χ4n) is 5.60. The molecule has 274 valence electrons. The smallest absolute Gasteiger partial charge is 0.426 e. The fourth-order valence-corrected chi connectivity index (χ4v) is 5.60. The summed E-state index contributed by atoms with van der Waals surface area (Å²) in [5, 5.41) is 0. The quantitative estimate of drug-likeness (QED) is 0.0914. The zero-order valence-electron chi connectivity index (χ0n) is 27.1. The topological polar surface area (TPSA) is 9.23 Å². The Morgan fingerprint density at radius 1 is 0.558 bits per heavy atom. The number of alkyl halides is 8. The van der Waals surface area contributed by atoms with Crippen LogP contribution in [0, 0.1) is 23.3 Å². The zero-order valence-corrected chi connectivity index (χ0v) is 27.1. The monoisotopic (exact) mass is 740 g/mol. The van der Waals surface area contributed by atoms with Crippen molar-refractivity contribution in [1.82, 2.24) is 0 Å². The summed E-state index contributed by atoms with van der Waals surface area (Å²) in [4.78, 5) is 0. The van der Waals surface area contributed by atoms with Crippen LogP contribution in [-0.4, -0.2) is 12.3 Å². The lowest BCUT2D eigenvalue weighted by Gasteiger charge is -2.24. The second-order valence-electron chi connectivity index (χ2n) is 12.0.